The molecule has 0 saturated carbocycles. The Labute approximate surface area is 161 Å². The van der Waals surface area contributed by atoms with Gasteiger partial charge in [0.25, 0.3) is 5.91 Å². The van der Waals surface area contributed by atoms with Gasteiger partial charge < -0.3 is 5.32 Å². The number of carbonyl (C=O) groups excluding carboxylic acids is 2. The molecule has 0 aliphatic heterocycles. The Bertz CT molecular complexity index is 973. The normalized spacial score (nSPS) is 10.4. The van der Waals surface area contributed by atoms with Crippen molar-refractivity contribution < 1.29 is 14.0 Å². The summed E-state index contributed by atoms with van der Waals surface area (Å²) >= 11 is 4.46. The number of nitrogens with zero attached hydrogens (tertiary/aromatic N) is 1. The van der Waals surface area contributed by atoms with Gasteiger partial charge in [0.05, 0.1) is 11.3 Å². The molecule has 3 rings (SSSR count). The van der Waals surface area contributed by atoms with Crippen LogP contribution in [-0.4, -0.2) is 16.8 Å². The Morgan fingerprint density at radius 1 is 1.12 bits per heavy atom. The lowest BCUT2D eigenvalue weighted by Crippen LogP contribution is -2.13. The van der Waals surface area contributed by atoms with Crippen molar-refractivity contribution in [3.05, 3.63) is 63.7 Å². The van der Waals surface area contributed by atoms with Crippen molar-refractivity contribution in [3.8, 4) is 11.3 Å². The largest absolute Gasteiger partial charge is 0.326 e. The lowest BCUT2D eigenvalue weighted by molar-refractivity contribution is -0.114. The Morgan fingerprint density at radius 2 is 1.85 bits per heavy atom. The Morgan fingerprint density at radius 3 is 2.54 bits per heavy atom. The van der Waals surface area contributed by atoms with E-state index in [9.17, 15) is 14.0 Å². The summed E-state index contributed by atoms with van der Waals surface area (Å²) in [4.78, 5) is 27.6. The molecule has 2 amide bonds. The molecular formula is C18H13BrFN3O2S. The average Bonchev–Trinajstić information content (AvgIpc) is 3.05. The summed E-state index contributed by atoms with van der Waals surface area (Å²) < 4.78 is 14.4. The third-order valence-corrected chi connectivity index (χ3v) is 4.65. The van der Waals surface area contributed by atoms with E-state index in [0.717, 1.165) is 5.56 Å². The van der Waals surface area contributed by atoms with Crippen LogP contribution in [-0.2, 0) is 4.79 Å². The van der Waals surface area contributed by atoms with Crippen LogP contribution >= 0.6 is 27.3 Å². The Kier molecular flexibility index (Phi) is 5.43. The lowest BCUT2D eigenvalue weighted by Gasteiger charge is -2.04. The molecule has 1 aromatic heterocycles. The van der Waals surface area contributed by atoms with E-state index in [1.54, 1.807) is 17.5 Å². The van der Waals surface area contributed by atoms with Gasteiger partial charge in [0, 0.05) is 28.0 Å². The predicted molar refractivity (Wildman–Crippen MR) is 104 cm³/mol. The molecule has 0 aliphatic carbocycles. The fourth-order valence-corrected chi connectivity index (χ4v) is 3.30. The van der Waals surface area contributed by atoms with Gasteiger partial charge in [-0.1, -0.05) is 28.1 Å². The first-order valence-electron chi connectivity index (χ1n) is 7.52. The number of benzene rings is 2. The minimum absolute atomic E-state index is 0.0595. The maximum absolute atomic E-state index is 13.8. The number of amides is 2. The van der Waals surface area contributed by atoms with Crippen LogP contribution in [0, 0.1) is 5.82 Å². The number of hydrogen-bond acceptors (Lipinski definition) is 4. The molecule has 1 heterocycles. The molecule has 3 aromatic rings. The molecule has 0 bridgehead atoms. The quantitative estimate of drug-likeness (QED) is 0.612. The van der Waals surface area contributed by atoms with Gasteiger partial charge in [-0.25, -0.2) is 9.37 Å². The van der Waals surface area contributed by atoms with Crippen molar-refractivity contribution >= 4 is 49.9 Å². The van der Waals surface area contributed by atoms with Crippen LogP contribution in [0.5, 0.6) is 0 Å². The summed E-state index contributed by atoms with van der Waals surface area (Å²) in [5.74, 6) is -1.31. The van der Waals surface area contributed by atoms with E-state index in [2.05, 4.69) is 31.5 Å². The molecular weight excluding hydrogens is 421 g/mol. The van der Waals surface area contributed by atoms with E-state index in [1.165, 1.54) is 36.5 Å². The smallest absolute Gasteiger partial charge is 0.260 e. The van der Waals surface area contributed by atoms with Crippen LogP contribution in [0.1, 0.15) is 17.3 Å². The topological polar surface area (TPSA) is 71.1 Å². The number of anilines is 2. The zero-order valence-corrected chi connectivity index (χ0v) is 15.9. The molecule has 5 nitrogen and oxygen atoms in total. The van der Waals surface area contributed by atoms with Gasteiger partial charge >= 0.3 is 0 Å². The first-order valence-corrected chi connectivity index (χ1v) is 9.19. The van der Waals surface area contributed by atoms with Crippen LogP contribution < -0.4 is 10.6 Å². The van der Waals surface area contributed by atoms with Crippen LogP contribution in [0.25, 0.3) is 11.3 Å². The maximum Gasteiger partial charge on any atom is 0.260 e. The monoisotopic (exact) mass is 433 g/mol. The second-order valence-corrected chi connectivity index (χ2v) is 7.15. The van der Waals surface area contributed by atoms with Crippen molar-refractivity contribution in [3.63, 3.8) is 0 Å². The summed E-state index contributed by atoms with van der Waals surface area (Å²) in [6, 6.07) is 11.3. The minimum atomic E-state index is -0.601. The summed E-state index contributed by atoms with van der Waals surface area (Å²) in [5.41, 5.74) is 2.14. The number of nitrogens with one attached hydrogen (secondary N) is 2. The van der Waals surface area contributed by atoms with Gasteiger partial charge in [-0.05, 0) is 30.3 Å². The van der Waals surface area contributed by atoms with Gasteiger partial charge in [-0.3, -0.25) is 14.9 Å². The predicted octanol–water partition coefficient (Wildman–Crippen LogP) is 4.92. The fourth-order valence-electron chi connectivity index (χ4n) is 2.23. The van der Waals surface area contributed by atoms with Gasteiger partial charge in [0.1, 0.15) is 5.82 Å². The highest BCUT2D eigenvalue weighted by molar-refractivity contribution is 9.10. The average molecular weight is 434 g/mol. The summed E-state index contributed by atoms with van der Waals surface area (Å²) in [6.45, 7) is 1.44. The highest BCUT2D eigenvalue weighted by atomic mass is 79.9. The molecule has 0 spiro atoms. The molecule has 132 valence electrons. The number of hydrogen-bond donors (Lipinski definition) is 2. The minimum Gasteiger partial charge on any atom is -0.326 e. The molecule has 0 fully saturated rings. The van der Waals surface area contributed by atoms with Crippen LogP contribution in [0.2, 0.25) is 0 Å². The zero-order valence-electron chi connectivity index (χ0n) is 13.5. The number of thiazole rings is 1. The third-order valence-electron chi connectivity index (χ3n) is 3.40. The number of carbonyl (C=O) groups is 2. The van der Waals surface area contributed by atoms with Gasteiger partial charge in [0.2, 0.25) is 5.91 Å². The van der Waals surface area contributed by atoms with Crippen LogP contribution in [0.4, 0.5) is 15.2 Å². The Balaban J connectivity index is 1.74. The van der Waals surface area contributed by atoms with Crippen molar-refractivity contribution in [2.45, 2.75) is 6.92 Å². The molecule has 0 aliphatic rings. The van der Waals surface area contributed by atoms with Gasteiger partial charge in [-0.15, -0.1) is 11.3 Å². The molecule has 2 N–H and O–H groups in total. The van der Waals surface area contributed by atoms with E-state index < -0.39 is 11.7 Å². The van der Waals surface area contributed by atoms with Crippen molar-refractivity contribution in [2.24, 2.45) is 0 Å². The van der Waals surface area contributed by atoms with Crippen LogP contribution in [0.15, 0.2) is 52.3 Å². The molecule has 0 atom stereocenters. The third kappa shape index (κ3) is 4.33. The first-order chi connectivity index (χ1) is 12.4. The zero-order chi connectivity index (χ0) is 18.7. The molecule has 0 saturated heterocycles. The SMILES string of the molecule is CC(=O)Nc1ccc(-c2csc(NC(=O)c3cc(Br)ccc3F)n2)cc1. The fraction of sp³-hybridized carbons (Fsp3) is 0.0556. The van der Waals surface area contributed by atoms with E-state index >= 15 is 0 Å². The number of halogens is 2. The van der Waals surface area contributed by atoms with E-state index in [4.69, 9.17) is 0 Å². The molecule has 8 heteroatoms. The lowest BCUT2D eigenvalue weighted by atomic mass is 10.1. The standard InChI is InChI=1S/C18H13BrFN3O2S/c1-10(24)21-13-5-2-11(3-6-13)16-9-26-18(22-16)23-17(25)14-8-12(19)4-7-15(14)20/h2-9H,1H3,(H,21,24)(H,22,23,25). The van der Waals surface area contributed by atoms with Crippen molar-refractivity contribution in [1.29, 1.82) is 0 Å². The van der Waals surface area contributed by atoms with Crippen molar-refractivity contribution in [1.82, 2.24) is 4.98 Å². The molecule has 0 radical (unpaired) electrons. The molecule has 2 aromatic carbocycles. The van der Waals surface area contributed by atoms with Gasteiger partial charge in [-0.2, -0.15) is 0 Å². The molecule has 26 heavy (non-hydrogen) atoms. The number of aromatic nitrogens is 1. The van der Waals surface area contributed by atoms with E-state index in [-0.39, 0.29) is 11.5 Å². The highest BCUT2D eigenvalue weighted by Crippen LogP contribution is 2.26. The summed E-state index contributed by atoms with van der Waals surface area (Å²) in [6.07, 6.45) is 0. The van der Waals surface area contributed by atoms with Crippen LogP contribution in [0.3, 0.4) is 0 Å². The summed E-state index contributed by atoms with van der Waals surface area (Å²) in [7, 11) is 0. The maximum atomic E-state index is 13.8. The van der Waals surface area contributed by atoms with Crippen molar-refractivity contribution in [2.75, 3.05) is 10.6 Å². The summed E-state index contributed by atoms with van der Waals surface area (Å²) in [5, 5.41) is 7.46. The first kappa shape index (κ1) is 18.2. The van der Waals surface area contributed by atoms with Gasteiger partial charge in [0.15, 0.2) is 5.13 Å². The second kappa shape index (κ2) is 7.76. The van der Waals surface area contributed by atoms with E-state index in [0.29, 0.717) is 21.0 Å². The Hall–Kier alpha value is -2.58. The second-order valence-electron chi connectivity index (χ2n) is 5.37. The number of rotatable bonds is 4. The molecule has 0 unspecified atom stereocenters. The highest BCUT2D eigenvalue weighted by Gasteiger charge is 2.14. The van der Waals surface area contributed by atoms with E-state index in [1.807, 2.05) is 12.1 Å².